The SMILES string of the molecule is CC1(Sc2ccnc3sc(-c4ccccc4)cc23)CCC1. The average Bonchev–Trinajstić information content (AvgIpc) is 2.92. The van der Waals surface area contributed by atoms with Crippen LogP contribution in [0.5, 0.6) is 0 Å². The van der Waals surface area contributed by atoms with Crippen molar-refractivity contribution in [3.05, 3.63) is 48.7 Å². The fraction of sp³-hybridized carbons (Fsp3) is 0.278. The first-order valence-corrected chi connectivity index (χ1v) is 9.00. The van der Waals surface area contributed by atoms with Gasteiger partial charge < -0.3 is 0 Å². The van der Waals surface area contributed by atoms with Gasteiger partial charge in [0.1, 0.15) is 4.83 Å². The van der Waals surface area contributed by atoms with E-state index in [-0.39, 0.29) is 0 Å². The number of nitrogens with zero attached hydrogens (tertiary/aromatic N) is 1. The molecule has 3 aromatic rings. The first-order valence-electron chi connectivity index (χ1n) is 7.37. The lowest BCUT2D eigenvalue weighted by molar-refractivity contribution is 0.392. The topological polar surface area (TPSA) is 12.9 Å². The molecule has 0 unspecified atom stereocenters. The van der Waals surface area contributed by atoms with E-state index in [1.54, 1.807) is 11.3 Å². The zero-order valence-corrected chi connectivity index (χ0v) is 13.6. The maximum Gasteiger partial charge on any atom is 0.124 e. The molecule has 2 heterocycles. The summed E-state index contributed by atoms with van der Waals surface area (Å²) in [6, 6.07) is 15.1. The number of rotatable bonds is 3. The highest BCUT2D eigenvalue weighted by molar-refractivity contribution is 8.01. The molecule has 1 aromatic carbocycles. The molecule has 0 N–H and O–H groups in total. The number of fused-ring (bicyclic) bond motifs is 1. The third-order valence-electron chi connectivity index (χ3n) is 4.22. The van der Waals surface area contributed by atoms with Gasteiger partial charge in [-0.15, -0.1) is 23.1 Å². The van der Waals surface area contributed by atoms with Crippen LogP contribution in [0.4, 0.5) is 0 Å². The van der Waals surface area contributed by atoms with Gasteiger partial charge in [-0.25, -0.2) is 4.98 Å². The number of benzene rings is 1. The lowest BCUT2D eigenvalue weighted by Gasteiger charge is -2.37. The second-order valence-electron chi connectivity index (χ2n) is 5.91. The molecule has 1 aliphatic carbocycles. The predicted molar refractivity (Wildman–Crippen MR) is 93.2 cm³/mol. The molecule has 2 aromatic heterocycles. The Morgan fingerprint density at radius 1 is 1.14 bits per heavy atom. The predicted octanol–water partition coefficient (Wildman–Crippen LogP) is 6.00. The summed E-state index contributed by atoms with van der Waals surface area (Å²) in [5.41, 5.74) is 1.28. The molecule has 0 spiro atoms. The summed E-state index contributed by atoms with van der Waals surface area (Å²) < 4.78 is 0.434. The Kier molecular flexibility index (Phi) is 3.27. The minimum atomic E-state index is 0.434. The van der Waals surface area contributed by atoms with E-state index in [1.807, 2.05) is 18.0 Å². The van der Waals surface area contributed by atoms with Crippen molar-refractivity contribution in [2.75, 3.05) is 0 Å². The van der Waals surface area contributed by atoms with Crippen LogP contribution < -0.4 is 0 Å². The molecule has 3 heteroatoms. The molecule has 21 heavy (non-hydrogen) atoms. The summed E-state index contributed by atoms with van der Waals surface area (Å²) in [6.45, 7) is 2.39. The van der Waals surface area contributed by atoms with Crippen molar-refractivity contribution in [3.63, 3.8) is 0 Å². The third-order valence-corrected chi connectivity index (χ3v) is 6.79. The van der Waals surface area contributed by atoms with Crippen LogP contribution in [0, 0.1) is 0 Å². The van der Waals surface area contributed by atoms with E-state index in [2.05, 4.69) is 54.4 Å². The van der Waals surface area contributed by atoms with Crippen molar-refractivity contribution >= 4 is 33.3 Å². The summed E-state index contributed by atoms with van der Waals surface area (Å²) in [5.74, 6) is 0. The number of hydrogen-bond donors (Lipinski definition) is 0. The normalized spacial score (nSPS) is 16.8. The molecule has 1 fully saturated rings. The van der Waals surface area contributed by atoms with Gasteiger partial charge >= 0.3 is 0 Å². The van der Waals surface area contributed by atoms with Crippen LogP contribution in [-0.4, -0.2) is 9.73 Å². The molecule has 4 rings (SSSR count). The Morgan fingerprint density at radius 2 is 1.95 bits per heavy atom. The highest BCUT2D eigenvalue weighted by Crippen LogP contribution is 2.49. The molecule has 0 atom stereocenters. The van der Waals surface area contributed by atoms with Crippen LogP contribution in [0.25, 0.3) is 20.7 Å². The molecule has 106 valence electrons. The van der Waals surface area contributed by atoms with Crippen molar-refractivity contribution in [2.24, 2.45) is 0 Å². The Balaban J connectivity index is 1.77. The number of aromatic nitrogens is 1. The molecule has 1 saturated carbocycles. The summed E-state index contributed by atoms with van der Waals surface area (Å²) in [6.07, 6.45) is 5.99. The zero-order chi connectivity index (χ0) is 14.3. The Morgan fingerprint density at radius 3 is 2.67 bits per heavy atom. The van der Waals surface area contributed by atoms with Crippen LogP contribution in [0.2, 0.25) is 0 Å². The van der Waals surface area contributed by atoms with Crippen molar-refractivity contribution in [1.82, 2.24) is 4.98 Å². The van der Waals surface area contributed by atoms with E-state index in [0.717, 1.165) is 4.83 Å². The highest BCUT2D eigenvalue weighted by atomic mass is 32.2. The summed E-state index contributed by atoms with van der Waals surface area (Å²) in [7, 11) is 0. The molecule has 0 bridgehead atoms. The molecular formula is C18H17NS2. The van der Waals surface area contributed by atoms with E-state index >= 15 is 0 Å². The standard InChI is InChI=1S/C18H17NS2/c1-18(9-5-10-18)21-15-8-11-19-17-14(15)12-16(20-17)13-6-3-2-4-7-13/h2-4,6-8,11-12H,5,9-10H2,1H3. The minimum absolute atomic E-state index is 0.434. The fourth-order valence-corrected chi connectivity index (χ4v) is 5.31. The fourth-order valence-electron chi connectivity index (χ4n) is 2.79. The maximum atomic E-state index is 4.57. The van der Waals surface area contributed by atoms with Crippen molar-refractivity contribution in [2.45, 2.75) is 35.8 Å². The monoisotopic (exact) mass is 311 g/mol. The van der Waals surface area contributed by atoms with Crippen molar-refractivity contribution in [3.8, 4) is 10.4 Å². The first kappa shape index (κ1) is 13.4. The van der Waals surface area contributed by atoms with Gasteiger partial charge in [0.05, 0.1) is 0 Å². The van der Waals surface area contributed by atoms with Gasteiger partial charge in [-0.2, -0.15) is 0 Å². The summed E-state index contributed by atoms with van der Waals surface area (Å²) >= 11 is 3.83. The van der Waals surface area contributed by atoms with Crippen LogP contribution in [0.15, 0.2) is 53.6 Å². The smallest absolute Gasteiger partial charge is 0.124 e. The maximum absolute atomic E-state index is 4.57. The lowest BCUT2D eigenvalue weighted by atomic mass is 9.86. The van der Waals surface area contributed by atoms with Crippen LogP contribution in [0.3, 0.4) is 0 Å². The lowest BCUT2D eigenvalue weighted by Crippen LogP contribution is -2.28. The van der Waals surface area contributed by atoms with Gasteiger partial charge in [0, 0.05) is 26.1 Å². The summed E-state index contributed by atoms with van der Waals surface area (Å²) in [4.78, 5) is 8.42. The third kappa shape index (κ3) is 2.49. The zero-order valence-electron chi connectivity index (χ0n) is 12.0. The van der Waals surface area contributed by atoms with E-state index in [9.17, 15) is 0 Å². The van der Waals surface area contributed by atoms with Gasteiger partial charge in [-0.05, 0) is 30.5 Å². The van der Waals surface area contributed by atoms with Gasteiger partial charge in [0.25, 0.3) is 0 Å². The number of hydrogen-bond acceptors (Lipinski definition) is 3. The van der Waals surface area contributed by atoms with Gasteiger partial charge in [0.15, 0.2) is 0 Å². The second-order valence-corrected chi connectivity index (χ2v) is 8.57. The Hall–Kier alpha value is -1.32. The van der Waals surface area contributed by atoms with Gasteiger partial charge in [-0.3, -0.25) is 0 Å². The van der Waals surface area contributed by atoms with Crippen molar-refractivity contribution in [1.29, 1.82) is 0 Å². The summed E-state index contributed by atoms with van der Waals surface area (Å²) in [5, 5.41) is 1.32. The minimum Gasteiger partial charge on any atom is -0.245 e. The molecular weight excluding hydrogens is 294 g/mol. The van der Waals surface area contributed by atoms with E-state index in [4.69, 9.17) is 0 Å². The second kappa shape index (κ2) is 5.15. The van der Waals surface area contributed by atoms with Crippen LogP contribution >= 0.6 is 23.1 Å². The van der Waals surface area contributed by atoms with Crippen LogP contribution in [-0.2, 0) is 0 Å². The molecule has 0 aliphatic heterocycles. The van der Waals surface area contributed by atoms with Gasteiger partial charge in [-0.1, -0.05) is 43.7 Å². The molecule has 0 amide bonds. The Bertz CT molecular complexity index is 772. The van der Waals surface area contributed by atoms with Crippen LogP contribution in [0.1, 0.15) is 26.2 Å². The van der Waals surface area contributed by atoms with E-state index in [0.29, 0.717) is 4.75 Å². The largest absolute Gasteiger partial charge is 0.245 e. The first-order chi connectivity index (χ1) is 10.2. The molecule has 1 nitrogen and oxygen atoms in total. The van der Waals surface area contributed by atoms with E-state index in [1.165, 1.54) is 40.0 Å². The molecule has 0 radical (unpaired) electrons. The number of thiophene rings is 1. The quantitative estimate of drug-likeness (QED) is 0.588. The number of thioether (sulfide) groups is 1. The highest BCUT2D eigenvalue weighted by Gasteiger charge is 2.33. The molecule has 0 saturated heterocycles. The Labute approximate surface area is 133 Å². The number of pyridine rings is 1. The van der Waals surface area contributed by atoms with E-state index < -0.39 is 0 Å². The molecule has 1 aliphatic rings. The average molecular weight is 311 g/mol. The van der Waals surface area contributed by atoms with Gasteiger partial charge in [0.2, 0.25) is 0 Å². The van der Waals surface area contributed by atoms with Crippen molar-refractivity contribution < 1.29 is 0 Å².